The van der Waals surface area contributed by atoms with E-state index < -0.39 is 4.92 Å². The zero-order valence-electron chi connectivity index (χ0n) is 10.5. The predicted molar refractivity (Wildman–Crippen MR) is 73.1 cm³/mol. The number of hydrogen-bond donors (Lipinski definition) is 2. The third kappa shape index (κ3) is 2.79. The van der Waals surface area contributed by atoms with Gasteiger partial charge in [-0.05, 0) is 30.2 Å². The number of hydrogen-bond acceptors (Lipinski definition) is 5. The molecule has 0 bridgehead atoms. The fourth-order valence-electron chi connectivity index (χ4n) is 1.82. The van der Waals surface area contributed by atoms with Crippen LogP contribution in [0.4, 0.5) is 11.4 Å². The quantitative estimate of drug-likeness (QED) is 0.636. The Hall–Kier alpha value is -2.21. The highest BCUT2D eigenvalue weighted by molar-refractivity contribution is 5.94. The molecule has 6 heteroatoms. The summed E-state index contributed by atoms with van der Waals surface area (Å²) in [6.07, 6.45) is 1.60. The summed E-state index contributed by atoms with van der Waals surface area (Å²) < 4.78 is 0. The van der Waals surface area contributed by atoms with Crippen LogP contribution >= 0.6 is 0 Å². The first-order valence-electron chi connectivity index (χ1n) is 6.00. The van der Waals surface area contributed by atoms with Gasteiger partial charge >= 0.3 is 5.69 Å². The van der Waals surface area contributed by atoms with Crippen LogP contribution in [0.2, 0.25) is 0 Å². The monoisotopic (exact) mass is 261 g/mol. The van der Waals surface area contributed by atoms with Crippen molar-refractivity contribution in [2.24, 2.45) is 5.92 Å². The first kappa shape index (κ1) is 13.2. The first-order chi connectivity index (χ1) is 9.13. The van der Waals surface area contributed by atoms with Crippen LogP contribution in [0.1, 0.15) is 6.92 Å². The predicted octanol–water partition coefficient (Wildman–Crippen LogP) is 2.18. The van der Waals surface area contributed by atoms with Gasteiger partial charge in [-0.15, -0.1) is 0 Å². The fraction of sp³-hybridized carbons (Fsp3) is 0.308. The van der Waals surface area contributed by atoms with E-state index in [2.05, 4.69) is 10.3 Å². The molecule has 6 nitrogen and oxygen atoms in total. The van der Waals surface area contributed by atoms with E-state index in [4.69, 9.17) is 5.11 Å². The van der Waals surface area contributed by atoms with Gasteiger partial charge in [0.2, 0.25) is 0 Å². The Labute approximate surface area is 110 Å². The fourth-order valence-corrected chi connectivity index (χ4v) is 1.82. The molecule has 0 aliphatic carbocycles. The molecule has 0 saturated heterocycles. The number of aliphatic hydroxyl groups is 1. The van der Waals surface area contributed by atoms with E-state index in [1.807, 2.05) is 6.92 Å². The lowest BCUT2D eigenvalue weighted by Crippen LogP contribution is -2.15. The number of rotatable bonds is 5. The first-order valence-corrected chi connectivity index (χ1v) is 6.00. The maximum Gasteiger partial charge on any atom is 0.301 e. The molecular formula is C13H15N3O3. The van der Waals surface area contributed by atoms with Crippen molar-refractivity contribution in [2.45, 2.75) is 6.92 Å². The van der Waals surface area contributed by atoms with Crippen LogP contribution in [0, 0.1) is 16.0 Å². The number of aromatic nitrogens is 1. The number of nitrogens with zero attached hydrogens (tertiary/aromatic N) is 2. The average Bonchev–Trinajstić information content (AvgIpc) is 2.43. The van der Waals surface area contributed by atoms with Gasteiger partial charge in [-0.25, -0.2) is 0 Å². The number of aliphatic hydroxyl groups excluding tert-OH is 1. The third-order valence-corrected chi connectivity index (χ3v) is 2.89. The molecule has 0 amide bonds. The van der Waals surface area contributed by atoms with Crippen molar-refractivity contribution in [3.8, 4) is 0 Å². The molecule has 1 aromatic heterocycles. The summed E-state index contributed by atoms with van der Waals surface area (Å²) in [5.74, 6) is 0.0317. The van der Waals surface area contributed by atoms with Crippen LogP contribution in [0.25, 0.3) is 10.9 Å². The molecule has 100 valence electrons. The molecule has 1 aromatic carbocycles. The highest BCUT2D eigenvalue weighted by Crippen LogP contribution is 2.32. The summed E-state index contributed by atoms with van der Waals surface area (Å²) in [6.45, 7) is 2.38. The van der Waals surface area contributed by atoms with Crippen molar-refractivity contribution < 1.29 is 10.0 Å². The van der Waals surface area contributed by atoms with Crippen LogP contribution in [-0.2, 0) is 0 Å². The van der Waals surface area contributed by atoms with Crippen LogP contribution in [0.3, 0.4) is 0 Å². The molecular weight excluding hydrogens is 246 g/mol. The molecule has 0 saturated carbocycles. The molecule has 1 heterocycles. The van der Waals surface area contributed by atoms with Gasteiger partial charge in [-0.2, -0.15) is 0 Å². The van der Waals surface area contributed by atoms with Crippen molar-refractivity contribution in [3.05, 3.63) is 40.6 Å². The molecule has 0 radical (unpaired) electrons. The minimum Gasteiger partial charge on any atom is -0.396 e. The molecule has 19 heavy (non-hydrogen) atoms. The Morgan fingerprint density at radius 1 is 1.47 bits per heavy atom. The van der Waals surface area contributed by atoms with Crippen molar-refractivity contribution >= 4 is 22.3 Å². The molecule has 0 aliphatic rings. The number of nitro benzene ring substituents is 1. The zero-order valence-corrected chi connectivity index (χ0v) is 10.5. The molecule has 1 atom stereocenters. The number of benzene rings is 1. The van der Waals surface area contributed by atoms with Crippen LogP contribution in [0.15, 0.2) is 30.5 Å². The highest BCUT2D eigenvalue weighted by Gasteiger charge is 2.18. The normalized spacial score (nSPS) is 12.3. The minimum atomic E-state index is -0.407. The number of anilines is 1. The number of fused-ring (bicyclic) bond motifs is 1. The van der Waals surface area contributed by atoms with Crippen LogP contribution in [-0.4, -0.2) is 28.2 Å². The minimum absolute atomic E-state index is 0.0238. The van der Waals surface area contributed by atoms with E-state index in [0.29, 0.717) is 23.1 Å². The Kier molecular flexibility index (Phi) is 3.91. The molecule has 0 aliphatic heterocycles. The van der Waals surface area contributed by atoms with Gasteiger partial charge in [0.1, 0.15) is 5.69 Å². The van der Waals surface area contributed by atoms with Crippen LogP contribution in [0.5, 0.6) is 0 Å². The number of nitro groups is 1. The molecule has 2 N–H and O–H groups in total. The van der Waals surface area contributed by atoms with Crippen molar-refractivity contribution in [1.29, 1.82) is 0 Å². The van der Waals surface area contributed by atoms with E-state index in [9.17, 15) is 10.1 Å². The average molecular weight is 261 g/mol. The van der Waals surface area contributed by atoms with Gasteiger partial charge in [0.05, 0.1) is 15.8 Å². The smallest absolute Gasteiger partial charge is 0.301 e. The van der Waals surface area contributed by atoms with Crippen molar-refractivity contribution in [2.75, 3.05) is 18.5 Å². The van der Waals surface area contributed by atoms with E-state index in [1.54, 1.807) is 30.5 Å². The second-order valence-corrected chi connectivity index (χ2v) is 4.46. The van der Waals surface area contributed by atoms with Gasteiger partial charge < -0.3 is 10.4 Å². The summed E-state index contributed by atoms with van der Waals surface area (Å²) >= 11 is 0. The molecule has 2 rings (SSSR count). The summed E-state index contributed by atoms with van der Waals surface area (Å²) in [5.41, 5.74) is 1.07. The Balaban J connectivity index is 2.43. The van der Waals surface area contributed by atoms with E-state index in [0.717, 1.165) is 0 Å². The van der Waals surface area contributed by atoms with E-state index in [-0.39, 0.29) is 18.2 Å². The van der Waals surface area contributed by atoms with Crippen molar-refractivity contribution in [3.63, 3.8) is 0 Å². The van der Waals surface area contributed by atoms with Gasteiger partial charge in [-0.1, -0.05) is 6.92 Å². The van der Waals surface area contributed by atoms with Gasteiger partial charge in [0.15, 0.2) is 0 Å². The Morgan fingerprint density at radius 3 is 2.95 bits per heavy atom. The van der Waals surface area contributed by atoms with E-state index >= 15 is 0 Å². The maximum absolute atomic E-state index is 11.2. The summed E-state index contributed by atoms with van der Waals surface area (Å²) in [5, 5.41) is 23.7. The second kappa shape index (κ2) is 5.62. The van der Waals surface area contributed by atoms with E-state index in [1.165, 1.54) is 0 Å². The lowest BCUT2D eigenvalue weighted by molar-refractivity contribution is -0.382. The van der Waals surface area contributed by atoms with Gasteiger partial charge in [0, 0.05) is 19.3 Å². The van der Waals surface area contributed by atoms with Gasteiger partial charge in [0.25, 0.3) is 0 Å². The highest BCUT2D eigenvalue weighted by atomic mass is 16.6. The molecule has 0 fully saturated rings. The lowest BCUT2D eigenvalue weighted by atomic mass is 10.1. The SMILES string of the molecule is CC(CO)CNc1ccc2ncccc2c1[N+](=O)[O-]. The van der Waals surface area contributed by atoms with Crippen molar-refractivity contribution in [1.82, 2.24) is 4.98 Å². The zero-order chi connectivity index (χ0) is 13.8. The summed E-state index contributed by atoms with van der Waals surface area (Å²) in [4.78, 5) is 14.9. The summed E-state index contributed by atoms with van der Waals surface area (Å²) in [6, 6.07) is 6.75. The third-order valence-electron chi connectivity index (χ3n) is 2.89. The number of nitrogens with one attached hydrogen (secondary N) is 1. The summed E-state index contributed by atoms with van der Waals surface area (Å²) in [7, 11) is 0. The number of pyridine rings is 1. The van der Waals surface area contributed by atoms with Gasteiger partial charge in [-0.3, -0.25) is 15.1 Å². The largest absolute Gasteiger partial charge is 0.396 e. The Bertz CT molecular complexity index is 601. The molecule has 2 aromatic rings. The lowest BCUT2D eigenvalue weighted by Gasteiger charge is -2.12. The standard InChI is InChI=1S/C13H15N3O3/c1-9(8-17)7-15-12-5-4-11-10(3-2-6-14-11)13(12)16(18)19/h2-6,9,15,17H,7-8H2,1H3. The molecule has 1 unspecified atom stereocenters. The molecule has 0 spiro atoms. The second-order valence-electron chi connectivity index (χ2n) is 4.46. The Morgan fingerprint density at radius 2 is 2.26 bits per heavy atom. The maximum atomic E-state index is 11.2. The van der Waals surface area contributed by atoms with Crippen LogP contribution < -0.4 is 5.32 Å². The topological polar surface area (TPSA) is 88.3 Å².